The highest BCUT2D eigenvalue weighted by Crippen LogP contribution is 2.29. The molecule has 0 aromatic carbocycles. The molecule has 1 unspecified atom stereocenters. The second-order valence-electron chi connectivity index (χ2n) is 6.39. The van der Waals surface area contributed by atoms with Crippen LogP contribution in [0.4, 0.5) is 4.79 Å². The van der Waals surface area contributed by atoms with Gasteiger partial charge in [0.15, 0.2) is 0 Å². The quantitative estimate of drug-likeness (QED) is 0.679. The van der Waals surface area contributed by atoms with Gasteiger partial charge in [-0.25, -0.2) is 13.2 Å². The second kappa shape index (κ2) is 4.17. The largest absolute Gasteiger partial charge is 0.322 e. The summed E-state index contributed by atoms with van der Waals surface area (Å²) in [6, 6.07) is -0.555. The predicted molar refractivity (Wildman–Crippen MR) is 68.8 cm³/mol. The Morgan fingerprint density at radius 1 is 1.32 bits per heavy atom. The number of carbonyl (C=O) groups is 2. The van der Waals surface area contributed by atoms with Gasteiger partial charge < -0.3 is 5.32 Å². The number of nitrogens with zero attached hydrogens (tertiary/aromatic N) is 1. The maximum atomic E-state index is 12.3. The fraction of sp³-hybridized carbons (Fsp3) is 0.818. The average molecular weight is 289 g/mol. The molecule has 0 aliphatic carbocycles. The molecular formula is C11H19N3O4S. The van der Waals surface area contributed by atoms with Gasteiger partial charge in [0.1, 0.15) is 5.54 Å². The van der Waals surface area contributed by atoms with Crippen LogP contribution in [0.15, 0.2) is 0 Å². The van der Waals surface area contributed by atoms with E-state index in [4.69, 9.17) is 0 Å². The molecule has 2 rings (SSSR count). The molecule has 0 saturated carbocycles. The summed E-state index contributed by atoms with van der Waals surface area (Å²) >= 11 is 0. The highest BCUT2D eigenvalue weighted by Gasteiger charge is 2.53. The van der Waals surface area contributed by atoms with E-state index in [0.29, 0.717) is 6.42 Å². The van der Waals surface area contributed by atoms with E-state index in [0.717, 1.165) is 0 Å². The summed E-state index contributed by atoms with van der Waals surface area (Å²) in [5.74, 6) is -0.419. The van der Waals surface area contributed by atoms with Crippen molar-refractivity contribution in [3.8, 4) is 0 Å². The molecule has 2 N–H and O–H groups in total. The Balaban J connectivity index is 2.15. The van der Waals surface area contributed by atoms with Gasteiger partial charge in [0.05, 0.1) is 5.75 Å². The van der Waals surface area contributed by atoms with Crippen LogP contribution in [0, 0.1) is 5.41 Å². The number of urea groups is 1. The number of hydrogen-bond donors (Lipinski definition) is 2. The first kappa shape index (κ1) is 14.3. The van der Waals surface area contributed by atoms with E-state index >= 15 is 0 Å². The van der Waals surface area contributed by atoms with E-state index < -0.39 is 27.5 Å². The lowest BCUT2D eigenvalue weighted by Gasteiger charge is -2.24. The topological polar surface area (TPSA) is 95.6 Å². The Hall–Kier alpha value is -1.15. The third-order valence-electron chi connectivity index (χ3n) is 3.26. The Morgan fingerprint density at radius 3 is 2.42 bits per heavy atom. The SMILES string of the molecule is CC(C)(C)CS(=O)(=O)N1CCC2(C1)NC(=O)NC2=O. The number of hydrogen-bond acceptors (Lipinski definition) is 4. The van der Waals surface area contributed by atoms with Crippen molar-refractivity contribution >= 4 is 22.0 Å². The molecule has 0 aromatic heterocycles. The van der Waals surface area contributed by atoms with Gasteiger partial charge >= 0.3 is 6.03 Å². The number of carbonyl (C=O) groups excluding carboxylic acids is 2. The van der Waals surface area contributed by atoms with Crippen molar-refractivity contribution in [3.63, 3.8) is 0 Å². The van der Waals surface area contributed by atoms with Gasteiger partial charge in [-0.3, -0.25) is 10.1 Å². The number of rotatable bonds is 2. The van der Waals surface area contributed by atoms with Gasteiger partial charge in [-0.1, -0.05) is 20.8 Å². The molecule has 1 spiro atoms. The molecule has 7 nitrogen and oxygen atoms in total. The summed E-state index contributed by atoms with van der Waals surface area (Å²) < 4.78 is 25.8. The molecule has 1 atom stereocenters. The first-order chi connectivity index (χ1) is 8.54. The fourth-order valence-electron chi connectivity index (χ4n) is 2.47. The molecule has 2 fully saturated rings. The average Bonchev–Trinajstić information content (AvgIpc) is 2.69. The minimum Gasteiger partial charge on any atom is -0.322 e. The molecule has 3 amide bonds. The van der Waals surface area contributed by atoms with Crippen molar-refractivity contribution < 1.29 is 18.0 Å². The van der Waals surface area contributed by atoms with E-state index in [1.165, 1.54) is 4.31 Å². The van der Waals surface area contributed by atoms with Crippen LogP contribution in [0.5, 0.6) is 0 Å². The molecule has 108 valence electrons. The van der Waals surface area contributed by atoms with Crippen molar-refractivity contribution in [1.82, 2.24) is 14.9 Å². The van der Waals surface area contributed by atoms with E-state index in [1.54, 1.807) is 0 Å². The number of amides is 3. The number of imide groups is 1. The lowest BCUT2D eigenvalue weighted by Crippen LogP contribution is -2.50. The summed E-state index contributed by atoms with van der Waals surface area (Å²) in [7, 11) is -3.42. The maximum absolute atomic E-state index is 12.3. The van der Waals surface area contributed by atoms with Crippen molar-refractivity contribution in [2.75, 3.05) is 18.8 Å². The van der Waals surface area contributed by atoms with Crippen LogP contribution in [0.1, 0.15) is 27.2 Å². The van der Waals surface area contributed by atoms with Gasteiger partial charge in [0, 0.05) is 13.1 Å². The van der Waals surface area contributed by atoms with Gasteiger partial charge in [-0.05, 0) is 11.8 Å². The normalized spacial score (nSPS) is 28.8. The molecule has 0 aromatic rings. The van der Waals surface area contributed by atoms with Crippen LogP contribution >= 0.6 is 0 Å². The van der Waals surface area contributed by atoms with E-state index in [9.17, 15) is 18.0 Å². The lowest BCUT2D eigenvalue weighted by molar-refractivity contribution is -0.123. The molecule has 2 aliphatic heterocycles. The third-order valence-corrected chi connectivity index (χ3v) is 5.59. The molecule has 2 aliphatic rings. The standard InChI is InChI=1S/C11H19N3O4S/c1-10(2,3)7-19(17,18)14-5-4-11(6-14)8(15)12-9(16)13-11/h4-7H2,1-3H3,(H2,12,13,15,16). The Bertz CT molecular complexity index is 523. The molecule has 0 radical (unpaired) electrons. The van der Waals surface area contributed by atoms with Crippen LogP contribution in [-0.2, 0) is 14.8 Å². The maximum Gasteiger partial charge on any atom is 0.322 e. The van der Waals surface area contributed by atoms with Crippen molar-refractivity contribution in [2.24, 2.45) is 5.41 Å². The van der Waals surface area contributed by atoms with Crippen molar-refractivity contribution in [3.05, 3.63) is 0 Å². The zero-order chi connectivity index (χ0) is 14.5. The Labute approximate surface area is 112 Å². The molecular weight excluding hydrogens is 270 g/mol. The minimum absolute atomic E-state index is 0.0169. The first-order valence-electron chi connectivity index (χ1n) is 6.16. The minimum atomic E-state index is -3.42. The van der Waals surface area contributed by atoms with Crippen LogP contribution < -0.4 is 10.6 Å². The van der Waals surface area contributed by atoms with Crippen LogP contribution in [0.25, 0.3) is 0 Å². The molecule has 2 heterocycles. The molecule has 8 heteroatoms. The second-order valence-corrected chi connectivity index (χ2v) is 8.36. The predicted octanol–water partition coefficient (Wildman–Crippen LogP) is -0.354. The number of nitrogens with one attached hydrogen (secondary N) is 2. The van der Waals surface area contributed by atoms with Crippen molar-refractivity contribution in [2.45, 2.75) is 32.7 Å². The Morgan fingerprint density at radius 2 is 1.95 bits per heavy atom. The summed E-state index contributed by atoms with van der Waals surface area (Å²) in [5.41, 5.74) is -1.43. The summed E-state index contributed by atoms with van der Waals surface area (Å²) in [6.45, 7) is 5.82. The van der Waals surface area contributed by atoms with Gasteiger partial charge in [-0.2, -0.15) is 4.31 Å². The monoisotopic (exact) mass is 289 g/mol. The highest BCUT2D eigenvalue weighted by molar-refractivity contribution is 7.89. The van der Waals surface area contributed by atoms with E-state index in [-0.39, 0.29) is 24.3 Å². The van der Waals surface area contributed by atoms with Crippen LogP contribution in [-0.4, -0.2) is 49.0 Å². The molecule has 2 saturated heterocycles. The van der Waals surface area contributed by atoms with Gasteiger partial charge in [0.2, 0.25) is 10.0 Å². The lowest BCUT2D eigenvalue weighted by atomic mass is 10.00. The smallest absolute Gasteiger partial charge is 0.322 e. The van der Waals surface area contributed by atoms with E-state index in [1.807, 2.05) is 20.8 Å². The summed E-state index contributed by atoms with van der Waals surface area (Å²) in [4.78, 5) is 22.9. The summed E-state index contributed by atoms with van der Waals surface area (Å²) in [6.07, 6.45) is 0.313. The van der Waals surface area contributed by atoms with Crippen molar-refractivity contribution in [1.29, 1.82) is 0 Å². The fourth-order valence-corrected chi connectivity index (χ4v) is 4.53. The summed E-state index contributed by atoms with van der Waals surface area (Å²) in [5, 5.41) is 4.70. The zero-order valence-electron chi connectivity index (χ0n) is 11.3. The van der Waals surface area contributed by atoms with Gasteiger partial charge in [0.25, 0.3) is 5.91 Å². The third kappa shape index (κ3) is 2.74. The van der Waals surface area contributed by atoms with Crippen LogP contribution in [0.2, 0.25) is 0 Å². The van der Waals surface area contributed by atoms with Gasteiger partial charge in [-0.15, -0.1) is 0 Å². The first-order valence-corrected chi connectivity index (χ1v) is 7.77. The highest BCUT2D eigenvalue weighted by atomic mass is 32.2. The molecule has 0 bridgehead atoms. The molecule has 19 heavy (non-hydrogen) atoms. The van der Waals surface area contributed by atoms with Crippen LogP contribution in [0.3, 0.4) is 0 Å². The zero-order valence-corrected chi connectivity index (χ0v) is 12.1. The number of sulfonamides is 1. The Kier molecular flexibility index (Phi) is 3.13. The van der Waals surface area contributed by atoms with E-state index in [2.05, 4.69) is 10.6 Å².